The first-order chi connectivity index (χ1) is 18.0. The number of guanidine groups is 1. The van der Waals surface area contributed by atoms with Crippen LogP contribution in [-0.2, 0) is 6.42 Å². The van der Waals surface area contributed by atoms with Crippen LogP contribution in [0, 0.1) is 11.3 Å². The first kappa shape index (κ1) is 24.9. The van der Waals surface area contributed by atoms with E-state index in [0.717, 1.165) is 18.1 Å². The maximum atomic E-state index is 13.8. The molecule has 10 heteroatoms. The Hall–Kier alpha value is -3.80. The quantitative estimate of drug-likeness (QED) is 0.493. The molecule has 0 radical (unpaired) electrons. The minimum Gasteiger partial charge on any atom is -0.342 e. The molecule has 1 fully saturated rings. The van der Waals surface area contributed by atoms with Crippen molar-refractivity contribution in [3.05, 3.63) is 82.1 Å². The van der Waals surface area contributed by atoms with E-state index < -0.39 is 0 Å². The van der Waals surface area contributed by atoms with Crippen LogP contribution in [0.2, 0.25) is 10.0 Å². The zero-order valence-corrected chi connectivity index (χ0v) is 21.8. The highest BCUT2D eigenvalue weighted by molar-refractivity contribution is 6.32. The van der Waals surface area contributed by atoms with E-state index in [1.165, 1.54) is 0 Å². The van der Waals surface area contributed by atoms with Crippen molar-refractivity contribution in [3.8, 4) is 23.0 Å². The molecule has 3 aromatic rings. The molecule has 0 atom stereocenters. The predicted octanol–water partition coefficient (Wildman–Crippen LogP) is 4.49. The zero-order chi connectivity index (χ0) is 25.9. The Morgan fingerprint density at radius 2 is 1.78 bits per heavy atom. The normalized spacial score (nSPS) is 15.5. The number of amides is 1. The largest absolute Gasteiger partial charge is 0.342 e. The summed E-state index contributed by atoms with van der Waals surface area (Å²) in [6, 6.07) is 16.8. The summed E-state index contributed by atoms with van der Waals surface area (Å²) in [4.78, 5) is 24.4. The Morgan fingerprint density at radius 1 is 1.05 bits per heavy atom. The van der Waals surface area contributed by atoms with E-state index in [0.29, 0.717) is 53.2 Å². The van der Waals surface area contributed by atoms with E-state index in [9.17, 15) is 10.1 Å². The smallest absolute Gasteiger partial charge is 0.274 e. The fourth-order valence-corrected chi connectivity index (χ4v) is 5.00. The molecular weight excluding hydrogens is 509 g/mol. The summed E-state index contributed by atoms with van der Waals surface area (Å²) >= 11 is 12.7. The van der Waals surface area contributed by atoms with Crippen LogP contribution in [0.25, 0.3) is 16.9 Å². The number of aromatic nitrogens is 2. The van der Waals surface area contributed by atoms with E-state index in [1.807, 2.05) is 49.7 Å². The lowest BCUT2D eigenvalue weighted by Crippen LogP contribution is -2.54. The second-order valence-electron chi connectivity index (χ2n) is 8.85. The fourth-order valence-electron chi connectivity index (χ4n) is 4.66. The number of aliphatic imine (C=N–C) groups is 1. The monoisotopic (exact) mass is 533 g/mol. The van der Waals surface area contributed by atoms with Crippen LogP contribution >= 0.6 is 23.2 Å². The number of carbonyl (C=O) groups is 1. The van der Waals surface area contributed by atoms with Crippen LogP contribution in [0.5, 0.6) is 0 Å². The van der Waals surface area contributed by atoms with Gasteiger partial charge in [0.1, 0.15) is 0 Å². The average molecular weight is 534 g/mol. The third-order valence-corrected chi connectivity index (χ3v) is 7.08. The Labute approximate surface area is 225 Å². The molecule has 1 aromatic heterocycles. The maximum absolute atomic E-state index is 13.8. The molecule has 188 valence electrons. The molecule has 1 amide bonds. The summed E-state index contributed by atoms with van der Waals surface area (Å²) in [5.74, 6) is 0.706. The van der Waals surface area contributed by atoms with E-state index in [2.05, 4.69) is 20.9 Å². The number of nitrogens with zero attached hydrogens (tertiary/aromatic N) is 7. The van der Waals surface area contributed by atoms with Crippen LogP contribution < -0.4 is 0 Å². The van der Waals surface area contributed by atoms with Crippen molar-refractivity contribution in [1.82, 2.24) is 24.5 Å². The van der Waals surface area contributed by atoms with Gasteiger partial charge in [0.2, 0.25) is 5.96 Å². The van der Waals surface area contributed by atoms with Crippen molar-refractivity contribution in [1.29, 1.82) is 5.26 Å². The minimum atomic E-state index is -0.204. The van der Waals surface area contributed by atoms with Crippen LogP contribution in [0.15, 0.2) is 65.8 Å². The van der Waals surface area contributed by atoms with Crippen molar-refractivity contribution >= 4 is 35.1 Å². The summed E-state index contributed by atoms with van der Waals surface area (Å²) < 4.78 is 1.67. The van der Waals surface area contributed by atoms with Gasteiger partial charge < -0.3 is 14.7 Å². The van der Waals surface area contributed by atoms with Gasteiger partial charge in [-0.1, -0.05) is 47.5 Å². The number of piperazine rings is 1. The predicted molar refractivity (Wildman–Crippen MR) is 145 cm³/mol. The lowest BCUT2D eigenvalue weighted by Gasteiger charge is -2.39. The van der Waals surface area contributed by atoms with Crippen molar-refractivity contribution in [2.24, 2.45) is 4.99 Å². The van der Waals surface area contributed by atoms with Gasteiger partial charge in [0.15, 0.2) is 5.69 Å². The second kappa shape index (κ2) is 10.7. The number of likely N-dealkylation sites (N-methyl/N-ethyl adjacent to an activating group) is 1. The van der Waals surface area contributed by atoms with Crippen molar-refractivity contribution in [3.63, 3.8) is 0 Å². The van der Waals surface area contributed by atoms with E-state index >= 15 is 0 Å². The van der Waals surface area contributed by atoms with Gasteiger partial charge in [-0.05, 0) is 30.3 Å². The summed E-state index contributed by atoms with van der Waals surface area (Å²) in [7, 11) is 2.01. The standard InChI is InChI=1S/C27H25Cl2N7O/c1-33-14-4-13-31-27(33)35-17-15-34(16-18-35)26(37)24-21(11-12-30)25(19-7-9-20(28)10-8-19)36(32-24)23-6-3-2-5-22(23)29/h2-10,13H,11,14-18H2,1H3. The topological polar surface area (TPSA) is 80.8 Å². The molecule has 2 aromatic carbocycles. The van der Waals surface area contributed by atoms with Crippen LogP contribution in [0.4, 0.5) is 0 Å². The molecular formula is C27H25Cl2N7O. The maximum Gasteiger partial charge on any atom is 0.274 e. The number of benzene rings is 2. The summed E-state index contributed by atoms with van der Waals surface area (Å²) in [6.07, 6.45) is 3.85. The van der Waals surface area contributed by atoms with Gasteiger partial charge in [0.05, 0.1) is 28.9 Å². The van der Waals surface area contributed by atoms with Crippen LogP contribution in [0.3, 0.4) is 0 Å². The molecule has 37 heavy (non-hydrogen) atoms. The van der Waals surface area contributed by atoms with Gasteiger partial charge in [-0.25, -0.2) is 9.67 Å². The first-order valence-corrected chi connectivity index (χ1v) is 12.7. The van der Waals surface area contributed by atoms with Crippen molar-refractivity contribution < 1.29 is 4.79 Å². The third kappa shape index (κ3) is 4.93. The van der Waals surface area contributed by atoms with Gasteiger partial charge in [0.25, 0.3) is 5.91 Å². The number of para-hydroxylation sites is 1. The lowest BCUT2D eigenvalue weighted by molar-refractivity contribution is 0.0677. The Bertz CT molecular complexity index is 1410. The van der Waals surface area contributed by atoms with Gasteiger partial charge in [0, 0.05) is 62.1 Å². The van der Waals surface area contributed by atoms with E-state index in [4.69, 9.17) is 28.3 Å². The highest BCUT2D eigenvalue weighted by atomic mass is 35.5. The molecule has 0 unspecified atom stereocenters. The van der Waals surface area contributed by atoms with E-state index in [1.54, 1.807) is 27.8 Å². The highest BCUT2D eigenvalue weighted by Gasteiger charge is 2.31. The summed E-state index contributed by atoms with van der Waals surface area (Å²) in [6.45, 7) is 3.17. The Kier molecular flexibility index (Phi) is 7.17. The Morgan fingerprint density at radius 3 is 2.46 bits per heavy atom. The molecule has 2 aliphatic rings. The molecule has 1 saturated heterocycles. The van der Waals surface area contributed by atoms with Gasteiger partial charge in [-0.15, -0.1) is 0 Å². The van der Waals surface area contributed by atoms with Crippen LogP contribution in [-0.4, -0.2) is 76.1 Å². The number of nitriles is 1. The van der Waals surface area contributed by atoms with Gasteiger partial charge >= 0.3 is 0 Å². The van der Waals surface area contributed by atoms with Gasteiger partial charge in [-0.3, -0.25) is 4.79 Å². The number of hydrogen-bond acceptors (Lipinski definition) is 6. The molecule has 0 saturated carbocycles. The van der Waals surface area contributed by atoms with Crippen LogP contribution in [0.1, 0.15) is 16.1 Å². The van der Waals surface area contributed by atoms with E-state index in [-0.39, 0.29) is 18.0 Å². The molecule has 0 bridgehead atoms. The lowest BCUT2D eigenvalue weighted by atomic mass is 10.0. The SMILES string of the molecule is CN1CC=CN=C1N1CCN(C(=O)c2nn(-c3ccccc3Cl)c(-c3ccc(Cl)cc3)c2CC#N)CC1. The first-order valence-electron chi connectivity index (χ1n) is 12.0. The summed E-state index contributed by atoms with van der Waals surface area (Å²) in [5, 5.41) is 15.5. The van der Waals surface area contributed by atoms with Crippen molar-refractivity contribution in [2.75, 3.05) is 39.8 Å². The molecule has 0 aliphatic carbocycles. The second-order valence-corrected chi connectivity index (χ2v) is 9.70. The molecule has 8 nitrogen and oxygen atoms in total. The molecule has 2 aliphatic heterocycles. The number of halogens is 2. The average Bonchev–Trinajstić information content (AvgIpc) is 3.28. The highest BCUT2D eigenvalue weighted by Crippen LogP contribution is 2.33. The zero-order valence-electron chi connectivity index (χ0n) is 20.3. The number of carbonyl (C=O) groups excluding carboxylic acids is 1. The third-order valence-electron chi connectivity index (χ3n) is 6.51. The van der Waals surface area contributed by atoms with Crippen molar-refractivity contribution in [2.45, 2.75) is 6.42 Å². The number of rotatable bonds is 4. The molecule has 0 N–H and O–H groups in total. The fraction of sp³-hybridized carbons (Fsp3) is 0.259. The Balaban J connectivity index is 1.52. The number of hydrogen-bond donors (Lipinski definition) is 0. The molecule has 0 spiro atoms. The molecule has 3 heterocycles. The summed E-state index contributed by atoms with van der Waals surface area (Å²) in [5.41, 5.74) is 2.90. The van der Waals surface area contributed by atoms with Gasteiger partial charge in [-0.2, -0.15) is 10.4 Å². The minimum absolute atomic E-state index is 0.0252. The molecule has 5 rings (SSSR count).